The van der Waals surface area contributed by atoms with Crippen molar-refractivity contribution in [1.29, 1.82) is 0 Å². The molecular weight excluding hydrogens is 310 g/mol. The Morgan fingerprint density at radius 2 is 2.25 bits per heavy atom. The van der Waals surface area contributed by atoms with Gasteiger partial charge in [-0.25, -0.2) is 9.78 Å². The van der Waals surface area contributed by atoms with Crippen LogP contribution in [-0.2, 0) is 12.6 Å². The molecule has 0 radical (unpaired) electrons. The zero-order valence-corrected chi connectivity index (χ0v) is 13.7. The molecule has 2 aromatic heterocycles. The van der Waals surface area contributed by atoms with E-state index >= 15 is 0 Å². The minimum Gasteiger partial charge on any atom is -0.441 e. The molecule has 0 spiro atoms. The summed E-state index contributed by atoms with van der Waals surface area (Å²) in [6.45, 7) is 3.44. The number of hydrogen-bond donors (Lipinski definition) is 3. The lowest BCUT2D eigenvalue weighted by molar-refractivity contribution is 0.0599. The molecule has 3 aromatic rings. The standard InChI is InChI=1S/C16H19N5O3/c1-10-19-13-6-12(4-5-14(13)24-10)20-15(22)17-9-16(2,23)11-7-18-21(3)8-11/h4-8,23H,9H2,1-3H3,(H2,17,20,22). The van der Waals surface area contributed by atoms with E-state index in [-0.39, 0.29) is 6.54 Å². The molecule has 126 valence electrons. The third kappa shape index (κ3) is 3.38. The van der Waals surface area contributed by atoms with E-state index in [0.29, 0.717) is 28.2 Å². The Balaban J connectivity index is 1.62. The Morgan fingerprint density at radius 1 is 1.46 bits per heavy atom. The Hall–Kier alpha value is -2.87. The second-order valence-corrected chi connectivity index (χ2v) is 5.90. The van der Waals surface area contributed by atoms with Crippen LogP contribution in [0, 0.1) is 6.92 Å². The van der Waals surface area contributed by atoms with E-state index in [9.17, 15) is 9.90 Å². The number of nitrogens with one attached hydrogen (secondary N) is 2. The fraction of sp³-hybridized carbons (Fsp3) is 0.312. The topological polar surface area (TPSA) is 105 Å². The Labute approximate surface area is 138 Å². The molecule has 8 nitrogen and oxygen atoms in total. The SMILES string of the molecule is Cc1nc2cc(NC(=O)NCC(C)(O)c3cnn(C)c3)ccc2o1. The van der Waals surface area contributed by atoms with Gasteiger partial charge >= 0.3 is 6.03 Å². The number of aromatic nitrogens is 3. The van der Waals surface area contributed by atoms with E-state index in [4.69, 9.17) is 4.42 Å². The van der Waals surface area contributed by atoms with Gasteiger partial charge in [0.1, 0.15) is 11.1 Å². The summed E-state index contributed by atoms with van der Waals surface area (Å²) in [5, 5.41) is 19.8. The van der Waals surface area contributed by atoms with Gasteiger partial charge in [-0.05, 0) is 25.1 Å². The van der Waals surface area contributed by atoms with E-state index < -0.39 is 11.6 Å². The molecule has 8 heteroatoms. The largest absolute Gasteiger partial charge is 0.441 e. The number of carbonyl (C=O) groups excluding carboxylic acids is 1. The van der Waals surface area contributed by atoms with E-state index in [1.807, 2.05) is 0 Å². The highest BCUT2D eigenvalue weighted by molar-refractivity contribution is 5.91. The first-order chi connectivity index (χ1) is 11.3. The maximum Gasteiger partial charge on any atom is 0.319 e. The van der Waals surface area contributed by atoms with Crippen molar-refractivity contribution in [3.05, 3.63) is 42.0 Å². The molecule has 0 bridgehead atoms. The lowest BCUT2D eigenvalue weighted by atomic mass is 10.00. The van der Waals surface area contributed by atoms with Crippen molar-refractivity contribution in [3.63, 3.8) is 0 Å². The van der Waals surface area contributed by atoms with Gasteiger partial charge < -0.3 is 20.2 Å². The van der Waals surface area contributed by atoms with Crippen LogP contribution in [0.3, 0.4) is 0 Å². The van der Waals surface area contributed by atoms with Crippen molar-refractivity contribution in [3.8, 4) is 0 Å². The molecule has 1 unspecified atom stereocenters. The average molecular weight is 329 g/mol. The van der Waals surface area contributed by atoms with Crippen molar-refractivity contribution < 1.29 is 14.3 Å². The first-order valence-electron chi connectivity index (χ1n) is 7.47. The fourth-order valence-electron chi connectivity index (χ4n) is 2.35. The third-order valence-corrected chi connectivity index (χ3v) is 3.67. The molecule has 3 N–H and O–H groups in total. The van der Waals surface area contributed by atoms with Gasteiger partial charge in [-0.3, -0.25) is 4.68 Å². The summed E-state index contributed by atoms with van der Waals surface area (Å²) in [7, 11) is 1.77. The van der Waals surface area contributed by atoms with E-state index in [1.54, 1.807) is 56.2 Å². The number of amides is 2. The lowest BCUT2D eigenvalue weighted by Crippen LogP contribution is -2.40. The van der Waals surface area contributed by atoms with Crippen molar-refractivity contribution in [2.24, 2.45) is 7.05 Å². The van der Waals surface area contributed by atoms with Crippen molar-refractivity contribution in [2.45, 2.75) is 19.4 Å². The number of hydrogen-bond acceptors (Lipinski definition) is 5. The fourth-order valence-corrected chi connectivity index (χ4v) is 2.35. The van der Waals surface area contributed by atoms with Crippen LogP contribution in [0.4, 0.5) is 10.5 Å². The number of anilines is 1. The van der Waals surface area contributed by atoms with Crippen LogP contribution < -0.4 is 10.6 Å². The summed E-state index contributed by atoms with van der Waals surface area (Å²) in [6.07, 6.45) is 3.28. The number of carbonyl (C=O) groups is 1. The molecule has 0 aliphatic rings. The molecule has 0 saturated carbocycles. The van der Waals surface area contributed by atoms with E-state index in [0.717, 1.165) is 0 Å². The maximum absolute atomic E-state index is 12.0. The smallest absolute Gasteiger partial charge is 0.319 e. The molecule has 1 atom stereocenters. The Bertz CT molecular complexity index is 881. The van der Waals surface area contributed by atoms with Crippen LogP contribution in [0.1, 0.15) is 18.4 Å². The van der Waals surface area contributed by atoms with Gasteiger partial charge in [-0.15, -0.1) is 0 Å². The maximum atomic E-state index is 12.0. The van der Waals surface area contributed by atoms with Crippen molar-refractivity contribution in [2.75, 3.05) is 11.9 Å². The van der Waals surface area contributed by atoms with Gasteiger partial charge in [-0.1, -0.05) is 0 Å². The Kier molecular flexibility index (Phi) is 3.98. The molecule has 0 aliphatic carbocycles. The molecule has 2 heterocycles. The highest BCUT2D eigenvalue weighted by Gasteiger charge is 2.25. The van der Waals surface area contributed by atoms with Crippen LogP contribution in [0.2, 0.25) is 0 Å². The zero-order valence-electron chi connectivity index (χ0n) is 13.7. The minimum atomic E-state index is -1.21. The van der Waals surface area contributed by atoms with Crippen molar-refractivity contribution in [1.82, 2.24) is 20.1 Å². The van der Waals surface area contributed by atoms with Gasteiger partial charge in [-0.2, -0.15) is 5.10 Å². The number of aryl methyl sites for hydroxylation is 2. The predicted molar refractivity (Wildman–Crippen MR) is 88.5 cm³/mol. The summed E-state index contributed by atoms with van der Waals surface area (Å²) >= 11 is 0. The first-order valence-corrected chi connectivity index (χ1v) is 7.47. The average Bonchev–Trinajstić information content (AvgIpc) is 3.10. The molecule has 1 aromatic carbocycles. The third-order valence-electron chi connectivity index (χ3n) is 3.67. The Morgan fingerprint density at radius 3 is 2.96 bits per heavy atom. The van der Waals surface area contributed by atoms with Crippen molar-refractivity contribution >= 4 is 22.8 Å². The molecular formula is C16H19N5O3. The first kappa shape index (κ1) is 16.0. The summed E-state index contributed by atoms with van der Waals surface area (Å²) in [5.41, 5.74) is 1.35. The van der Waals surface area contributed by atoms with Gasteiger partial charge in [0.05, 0.1) is 12.7 Å². The van der Waals surface area contributed by atoms with Crippen LogP contribution >= 0.6 is 0 Å². The van der Waals surface area contributed by atoms with Crippen LogP contribution in [0.25, 0.3) is 11.1 Å². The molecule has 0 aliphatic heterocycles. The van der Waals surface area contributed by atoms with Crippen LogP contribution in [0.5, 0.6) is 0 Å². The highest BCUT2D eigenvalue weighted by atomic mass is 16.3. The zero-order chi connectivity index (χ0) is 17.3. The molecule has 0 fully saturated rings. The van der Waals surface area contributed by atoms with Gasteiger partial charge in [0, 0.05) is 31.4 Å². The minimum absolute atomic E-state index is 0.0514. The number of nitrogens with zero attached hydrogens (tertiary/aromatic N) is 3. The normalized spacial score (nSPS) is 13.7. The van der Waals surface area contributed by atoms with Gasteiger partial charge in [0.25, 0.3) is 0 Å². The number of urea groups is 1. The number of aliphatic hydroxyl groups is 1. The van der Waals surface area contributed by atoms with E-state index in [1.165, 1.54) is 0 Å². The monoisotopic (exact) mass is 329 g/mol. The second-order valence-electron chi connectivity index (χ2n) is 5.90. The number of oxazole rings is 1. The number of benzene rings is 1. The molecule has 0 saturated heterocycles. The summed E-state index contributed by atoms with van der Waals surface area (Å²) < 4.78 is 6.99. The quantitative estimate of drug-likeness (QED) is 0.678. The molecule has 2 amide bonds. The van der Waals surface area contributed by atoms with Crippen LogP contribution in [-0.4, -0.2) is 32.4 Å². The summed E-state index contributed by atoms with van der Waals surface area (Å²) in [4.78, 5) is 16.3. The second kappa shape index (κ2) is 5.97. The number of fused-ring (bicyclic) bond motifs is 1. The van der Waals surface area contributed by atoms with Gasteiger partial charge in [0.2, 0.25) is 0 Å². The van der Waals surface area contributed by atoms with Gasteiger partial charge in [0.15, 0.2) is 11.5 Å². The summed E-state index contributed by atoms with van der Waals surface area (Å²) in [6, 6.07) is 4.78. The molecule has 3 rings (SSSR count). The summed E-state index contributed by atoms with van der Waals surface area (Å²) in [5.74, 6) is 0.569. The molecule has 24 heavy (non-hydrogen) atoms. The predicted octanol–water partition coefficient (Wildman–Crippen LogP) is 1.90. The highest BCUT2D eigenvalue weighted by Crippen LogP contribution is 2.20. The lowest BCUT2D eigenvalue weighted by Gasteiger charge is -2.22. The number of rotatable bonds is 4. The van der Waals surface area contributed by atoms with Crippen LogP contribution in [0.15, 0.2) is 35.0 Å². The van der Waals surface area contributed by atoms with E-state index in [2.05, 4.69) is 20.7 Å².